The molecule has 75 heavy (non-hydrogen) atoms. The summed E-state index contributed by atoms with van der Waals surface area (Å²) in [5, 5.41) is 10.1. The van der Waals surface area contributed by atoms with Crippen LogP contribution in [0.5, 0.6) is 0 Å². The summed E-state index contributed by atoms with van der Waals surface area (Å²) in [5.41, 5.74) is 20.5. The third kappa shape index (κ3) is 6.12. The maximum Gasteiger partial charge on any atom is 0.0726 e. The van der Waals surface area contributed by atoms with Crippen LogP contribution < -0.4 is 4.90 Å². The molecule has 0 atom stereocenters. The van der Waals surface area contributed by atoms with Crippen LogP contribution in [0.25, 0.3) is 108 Å². The van der Waals surface area contributed by atoms with Gasteiger partial charge in [0.15, 0.2) is 0 Å². The van der Waals surface area contributed by atoms with E-state index >= 15 is 0 Å². The monoisotopic (exact) mass is 967 g/mol. The fourth-order valence-corrected chi connectivity index (χ4v) is 14.5. The van der Waals surface area contributed by atoms with Gasteiger partial charge in [0.05, 0.1) is 11.1 Å². The minimum Gasteiger partial charge on any atom is -0.310 e. The molecule has 348 valence electrons. The summed E-state index contributed by atoms with van der Waals surface area (Å²) in [4.78, 5) is 2.57. The van der Waals surface area contributed by atoms with Crippen molar-refractivity contribution in [3.05, 3.63) is 295 Å². The predicted octanol–water partition coefficient (Wildman–Crippen LogP) is 20.3. The number of fused-ring (bicyclic) bond motifs is 19. The molecule has 0 amide bonds. The van der Waals surface area contributed by atoms with Crippen molar-refractivity contribution in [3.8, 4) is 55.6 Å². The molecule has 1 spiro atoms. The van der Waals surface area contributed by atoms with Crippen molar-refractivity contribution in [1.29, 1.82) is 0 Å². The Morgan fingerprint density at radius 3 is 1.37 bits per heavy atom. The minimum absolute atomic E-state index is 0.534. The summed E-state index contributed by atoms with van der Waals surface area (Å²) in [6.07, 6.45) is 0. The van der Waals surface area contributed by atoms with Gasteiger partial charge in [0, 0.05) is 42.7 Å². The first-order chi connectivity index (χ1) is 37.2. The highest BCUT2D eigenvalue weighted by Crippen LogP contribution is 2.64. The van der Waals surface area contributed by atoms with E-state index in [-0.39, 0.29) is 0 Å². The number of thiophene rings is 1. The molecule has 13 aromatic carbocycles. The van der Waals surface area contributed by atoms with Crippen LogP contribution in [0.1, 0.15) is 22.3 Å². The predicted molar refractivity (Wildman–Crippen MR) is 319 cm³/mol. The average Bonchev–Trinajstić information content (AvgIpc) is 4.32. The van der Waals surface area contributed by atoms with Gasteiger partial charge in [0.2, 0.25) is 0 Å². The van der Waals surface area contributed by atoms with Crippen molar-refractivity contribution < 1.29 is 0 Å². The molecule has 0 aliphatic heterocycles. The second-order valence-electron chi connectivity index (χ2n) is 20.2. The zero-order valence-corrected chi connectivity index (χ0v) is 41.7. The molecule has 0 radical (unpaired) electrons. The number of nitrogens with zero attached hydrogens (tertiary/aromatic N) is 1. The molecule has 2 aliphatic rings. The summed E-state index contributed by atoms with van der Waals surface area (Å²) in [5.74, 6) is 0. The molecule has 14 aromatic rings. The molecule has 2 aliphatic carbocycles. The molecule has 0 saturated carbocycles. The van der Waals surface area contributed by atoms with Crippen LogP contribution in [-0.2, 0) is 5.41 Å². The van der Waals surface area contributed by atoms with Gasteiger partial charge in [-0.25, -0.2) is 0 Å². The largest absolute Gasteiger partial charge is 0.310 e. The van der Waals surface area contributed by atoms with Gasteiger partial charge in [-0.15, -0.1) is 11.3 Å². The maximum atomic E-state index is 2.59. The standard InChI is InChI=1S/C73H45NS/c1-2-18-46(19-3-1)48-20-16-21-49(42-48)47-36-38-50(39-37-47)74(51-40-41-56-54-24-5-4-22-52(54)53-23-6-7-25-55(53)63(56)43-51)70-45-69-64(44-65(70)62-31-17-30-61-60-29-11-15-35-71(60)75-72(61)62)59-28-10-14-34-68(59)73(69)66-32-12-8-26-57(66)58-27-9-13-33-67(58)73/h1-45H. The van der Waals surface area contributed by atoms with Gasteiger partial charge in [-0.3, -0.25) is 0 Å². The van der Waals surface area contributed by atoms with Gasteiger partial charge < -0.3 is 4.90 Å². The zero-order chi connectivity index (χ0) is 49.2. The normalized spacial score (nSPS) is 12.9. The maximum absolute atomic E-state index is 2.59. The lowest BCUT2D eigenvalue weighted by Crippen LogP contribution is -2.26. The van der Waals surface area contributed by atoms with Crippen LogP contribution in [0.2, 0.25) is 0 Å². The first kappa shape index (κ1) is 42.2. The van der Waals surface area contributed by atoms with Crippen LogP contribution in [-0.4, -0.2) is 0 Å². The van der Waals surface area contributed by atoms with E-state index in [9.17, 15) is 0 Å². The third-order valence-electron chi connectivity index (χ3n) is 16.5. The molecule has 0 unspecified atom stereocenters. The number of anilines is 3. The molecule has 0 bridgehead atoms. The lowest BCUT2D eigenvalue weighted by molar-refractivity contribution is 0.794. The van der Waals surface area contributed by atoms with E-state index in [1.54, 1.807) is 0 Å². The van der Waals surface area contributed by atoms with Gasteiger partial charge in [-0.05, 0) is 148 Å². The Hall–Kier alpha value is -9.34. The summed E-state index contributed by atoms with van der Waals surface area (Å²) < 4.78 is 2.59. The Morgan fingerprint density at radius 1 is 0.253 bits per heavy atom. The fraction of sp³-hybridized carbons (Fsp3) is 0.0137. The van der Waals surface area contributed by atoms with Crippen molar-refractivity contribution in [1.82, 2.24) is 0 Å². The lowest BCUT2D eigenvalue weighted by Gasteiger charge is -2.33. The number of hydrogen-bond acceptors (Lipinski definition) is 2. The Kier molecular flexibility index (Phi) is 9.19. The fourth-order valence-electron chi connectivity index (χ4n) is 13.3. The van der Waals surface area contributed by atoms with E-state index in [0.29, 0.717) is 0 Å². The van der Waals surface area contributed by atoms with Gasteiger partial charge in [-0.2, -0.15) is 0 Å². The second kappa shape index (κ2) is 16.3. The number of rotatable bonds is 6. The Labute approximate surface area is 439 Å². The van der Waals surface area contributed by atoms with E-state index in [1.165, 1.54) is 130 Å². The van der Waals surface area contributed by atoms with Crippen LogP contribution in [0.3, 0.4) is 0 Å². The van der Waals surface area contributed by atoms with Gasteiger partial charge in [0.1, 0.15) is 0 Å². The average molecular weight is 968 g/mol. The quantitative estimate of drug-likeness (QED) is 0.150. The number of benzene rings is 13. The van der Waals surface area contributed by atoms with E-state index < -0.39 is 5.41 Å². The van der Waals surface area contributed by atoms with E-state index in [0.717, 1.165) is 17.1 Å². The molecule has 1 aromatic heterocycles. The highest BCUT2D eigenvalue weighted by Gasteiger charge is 2.52. The molecule has 0 saturated heterocycles. The first-order valence-electron chi connectivity index (χ1n) is 26.0. The Morgan fingerprint density at radius 2 is 0.720 bits per heavy atom. The SMILES string of the molecule is c1ccc(-c2cccc(-c3ccc(N(c4ccc5c6ccccc6c6ccccc6c5c4)c4cc5c(cc4-c4cccc6c4sc4ccccc46)-c4ccccc4C54c5ccccc5-c5ccccc54)cc3)c2)cc1. The smallest absolute Gasteiger partial charge is 0.0726 e. The molecule has 0 fully saturated rings. The van der Waals surface area contributed by atoms with Crippen molar-refractivity contribution in [2.24, 2.45) is 0 Å². The minimum atomic E-state index is -0.534. The van der Waals surface area contributed by atoms with E-state index in [2.05, 4.69) is 278 Å². The van der Waals surface area contributed by atoms with Gasteiger partial charge >= 0.3 is 0 Å². The van der Waals surface area contributed by atoms with Crippen LogP contribution in [0.15, 0.2) is 273 Å². The highest BCUT2D eigenvalue weighted by atomic mass is 32.1. The second-order valence-corrected chi connectivity index (χ2v) is 21.3. The lowest BCUT2D eigenvalue weighted by atomic mass is 9.70. The van der Waals surface area contributed by atoms with Crippen molar-refractivity contribution in [2.75, 3.05) is 4.90 Å². The molecule has 1 heterocycles. The third-order valence-corrected chi connectivity index (χ3v) is 17.7. The van der Waals surface area contributed by atoms with Crippen LogP contribution >= 0.6 is 11.3 Å². The first-order valence-corrected chi connectivity index (χ1v) is 26.8. The number of hydrogen-bond donors (Lipinski definition) is 0. The molecule has 1 nitrogen and oxygen atoms in total. The molecule has 2 heteroatoms. The van der Waals surface area contributed by atoms with Gasteiger partial charge in [0.25, 0.3) is 0 Å². The van der Waals surface area contributed by atoms with Crippen molar-refractivity contribution >= 4 is 80.9 Å². The Bertz CT molecular complexity index is 4580. The molecular formula is C73H45NS. The Balaban J connectivity index is 1.02. The van der Waals surface area contributed by atoms with E-state index in [4.69, 9.17) is 0 Å². The zero-order valence-electron chi connectivity index (χ0n) is 40.8. The summed E-state index contributed by atoms with van der Waals surface area (Å²) in [6, 6.07) is 102. The molecule has 0 N–H and O–H groups in total. The summed E-state index contributed by atoms with van der Waals surface area (Å²) >= 11 is 1.90. The van der Waals surface area contributed by atoms with Crippen LogP contribution in [0.4, 0.5) is 17.1 Å². The summed E-state index contributed by atoms with van der Waals surface area (Å²) in [7, 11) is 0. The van der Waals surface area contributed by atoms with Crippen molar-refractivity contribution in [2.45, 2.75) is 5.41 Å². The van der Waals surface area contributed by atoms with Crippen LogP contribution in [0, 0.1) is 0 Å². The van der Waals surface area contributed by atoms with Crippen molar-refractivity contribution in [3.63, 3.8) is 0 Å². The molecular weight excluding hydrogens is 923 g/mol. The van der Waals surface area contributed by atoms with E-state index in [1.807, 2.05) is 11.3 Å². The highest BCUT2D eigenvalue weighted by molar-refractivity contribution is 7.26. The van der Waals surface area contributed by atoms with Gasteiger partial charge in [-0.1, -0.05) is 224 Å². The topological polar surface area (TPSA) is 3.24 Å². The molecule has 16 rings (SSSR count). The summed E-state index contributed by atoms with van der Waals surface area (Å²) in [6.45, 7) is 0.